The summed E-state index contributed by atoms with van der Waals surface area (Å²) < 4.78 is 0. The van der Waals surface area contributed by atoms with Gasteiger partial charge in [-0.15, -0.1) is 0 Å². The number of carbonyl (C=O) groups is 2. The number of carbonyl (C=O) groups excluding carboxylic acids is 1. The number of piperidine rings is 1. The molecule has 0 amide bonds. The summed E-state index contributed by atoms with van der Waals surface area (Å²) in [5.41, 5.74) is 3.25. The normalized spacial score (nSPS) is 17.0. The van der Waals surface area contributed by atoms with Gasteiger partial charge in [0.05, 0.1) is 16.8 Å². The third-order valence-electron chi connectivity index (χ3n) is 5.05. The number of aliphatic carboxylic acids is 1. The summed E-state index contributed by atoms with van der Waals surface area (Å²) in [5, 5.41) is 10.3. The molecule has 0 radical (unpaired) electrons. The SMILES string of the molecule is O=Cc1cccc(-c2cccc3ncnc(N4CCCC(C(=O)O)C4)c23)c1. The number of carboxylic acid groups (broad SMARTS) is 1. The topological polar surface area (TPSA) is 83.4 Å². The van der Waals surface area contributed by atoms with Gasteiger partial charge in [0.2, 0.25) is 0 Å². The zero-order valence-electron chi connectivity index (χ0n) is 14.7. The van der Waals surface area contributed by atoms with E-state index < -0.39 is 11.9 Å². The Labute approximate surface area is 156 Å². The first kappa shape index (κ1) is 17.1. The fourth-order valence-corrected chi connectivity index (χ4v) is 3.72. The van der Waals surface area contributed by atoms with E-state index in [2.05, 4.69) is 9.97 Å². The molecular formula is C21H19N3O3. The van der Waals surface area contributed by atoms with Crippen molar-refractivity contribution in [1.29, 1.82) is 0 Å². The van der Waals surface area contributed by atoms with E-state index in [0.717, 1.165) is 47.1 Å². The molecule has 1 aliphatic rings. The summed E-state index contributed by atoms with van der Waals surface area (Å²) in [7, 11) is 0. The standard InChI is InChI=1S/C21H19N3O3/c25-12-14-4-1-5-15(10-14)17-7-2-8-18-19(17)20(23-13-22-18)24-9-3-6-16(11-24)21(26)27/h1-2,4-5,7-8,10,12-13,16H,3,6,9,11H2,(H,26,27). The fraction of sp³-hybridized carbons (Fsp3) is 0.238. The molecule has 27 heavy (non-hydrogen) atoms. The summed E-state index contributed by atoms with van der Waals surface area (Å²) >= 11 is 0. The van der Waals surface area contributed by atoms with Crippen LogP contribution >= 0.6 is 0 Å². The maximum atomic E-state index is 11.5. The Morgan fingerprint density at radius 2 is 2.04 bits per heavy atom. The molecule has 1 N–H and O–H groups in total. The predicted molar refractivity (Wildman–Crippen MR) is 103 cm³/mol. The van der Waals surface area contributed by atoms with Gasteiger partial charge in [0.25, 0.3) is 0 Å². The summed E-state index contributed by atoms with van der Waals surface area (Å²) in [6.07, 6.45) is 3.84. The molecule has 1 aromatic heterocycles. The second-order valence-electron chi connectivity index (χ2n) is 6.76. The van der Waals surface area contributed by atoms with Crippen molar-refractivity contribution in [3.05, 3.63) is 54.4 Å². The van der Waals surface area contributed by atoms with Gasteiger partial charge in [0, 0.05) is 18.7 Å². The lowest BCUT2D eigenvalue weighted by Gasteiger charge is -2.32. The van der Waals surface area contributed by atoms with Crippen molar-refractivity contribution in [2.75, 3.05) is 18.0 Å². The molecule has 136 valence electrons. The maximum absolute atomic E-state index is 11.5. The minimum absolute atomic E-state index is 0.394. The van der Waals surface area contributed by atoms with E-state index in [-0.39, 0.29) is 0 Å². The molecular weight excluding hydrogens is 342 g/mol. The van der Waals surface area contributed by atoms with Gasteiger partial charge in [-0.3, -0.25) is 9.59 Å². The van der Waals surface area contributed by atoms with Crippen LogP contribution < -0.4 is 4.90 Å². The molecule has 0 aliphatic carbocycles. The summed E-state index contributed by atoms with van der Waals surface area (Å²) in [6, 6.07) is 13.2. The third-order valence-corrected chi connectivity index (χ3v) is 5.05. The average Bonchev–Trinajstić information content (AvgIpc) is 2.73. The molecule has 1 fully saturated rings. The second-order valence-corrected chi connectivity index (χ2v) is 6.76. The highest BCUT2D eigenvalue weighted by Crippen LogP contribution is 2.35. The lowest BCUT2D eigenvalue weighted by atomic mass is 9.96. The highest BCUT2D eigenvalue weighted by atomic mass is 16.4. The Bertz CT molecular complexity index is 1010. The largest absolute Gasteiger partial charge is 0.481 e. The lowest BCUT2D eigenvalue weighted by Crippen LogP contribution is -2.39. The number of hydrogen-bond acceptors (Lipinski definition) is 5. The van der Waals surface area contributed by atoms with Gasteiger partial charge in [0.1, 0.15) is 18.4 Å². The number of rotatable bonds is 4. The molecule has 6 nitrogen and oxygen atoms in total. The van der Waals surface area contributed by atoms with Crippen molar-refractivity contribution >= 4 is 29.0 Å². The van der Waals surface area contributed by atoms with Crippen molar-refractivity contribution in [3.63, 3.8) is 0 Å². The molecule has 2 aromatic carbocycles. The molecule has 1 aliphatic heterocycles. The van der Waals surface area contributed by atoms with Crippen LogP contribution in [0.3, 0.4) is 0 Å². The van der Waals surface area contributed by atoms with Gasteiger partial charge in [0.15, 0.2) is 0 Å². The smallest absolute Gasteiger partial charge is 0.308 e. The first-order valence-corrected chi connectivity index (χ1v) is 8.94. The van der Waals surface area contributed by atoms with Crippen molar-refractivity contribution in [1.82, 2.24) is 9.97 Å². The number of carboxylic acids is 1. The molecule has 2 heterocycles. The molecule has 0 saturated carbocycles. The van der Waals surface area contributed by atoms with Crippen LogP contribution in [-0.2, 0) is 4.79 Å². The van der Waals surface area contributed by atoms with Gasteiger partial charge in [-0.2, -0.15) is 0 Å². The van der Waals surface area contributed by atoms with Gasteiger partial charge in [-0.25, -0.2) is 9.97 Å². The van der Waals surface area contributed by atoms with E-state index >= 15 is 0 Å². The number of anilines is 1. The molecule has 1 saturated heterocycles. The first-order valence-electron chi connectivity index (χ1n) is 8.94. The quantitative estimate of drug-likeness (QED) is 0.717. The van der Waals surface area contributed by atoms with Crippen LogP contribution in [0.25, 0.3) is 22.0 Å². The Balaban J connectivity index is 1.87. The second kappa shape index (κ2) is 7.15. The summed E-state index contributed by atoms with van der Waals surface area (Å²) in [4.78, 5) is 33.6. The minimum Gasteiger partial charge on any atom is -0.481 e. The van der Waals surface area contributed by atoms with Crippen molar-refractivity contribution in [3.8, 4) is 11.1 Å². The Hall–Kier alpha value is -3.28. The number of nitrogens with zero attached hydrogens (tertiary/aromatic N) is 3. The molecule has 4 rings (SSSR count). The van der Waals surface area contributed by atoms with E-state index in [0.29, 0.717) is 18.5 Å². The third kappa shape index (κ3) is 3.26. The highest BCUT2D eigenvalue weighted by Gasteiger charge is 2.27. The number of fused-ring (bicyclic) bond motifs is 1. The Kier molecular flexibility index (Phi) is 4.54. The molecule has 0 bridgehead atoms. The van der Waals surface area contributed by atoms with Crippen molar-refractivity contribution < 1.29 is 14.7 Å². The van der Waals surface area contributed by atoms with Crippen LogP contribution in [-0.4, -0.2) is 40.4 Å². The lowest BCUT2D eigenvalue weighted by molar-refractivity contribution is -0.141. The van der Waals surface area contributed by atoms with Crippen LogP contribution in [0, 0.1) is 5.92 Å². The molecule has 1 unspecified atom stereocenters. The molecule has 1 atom stereocenters. The minimum atomic E-state index is -0.767. The number of benzene rings is 2. The molecule has 3 aromatic rings. The number of aldehydes is 1. The average molecular weight is 361 g/mol. The maximum Gasteiger partial charge on any atom is 0.308 e. The summed E-state index contributed by atoms with van der Waals surface area (Å²) in [6.45, 7) is 1.20. The first-order chi connectivity index (χ1) is 13.2. The van der Waals surface area contributed by atoms with Crippen LogP contribution in [0.2, 0.25) is 0 Å². The zero-order chi connectivity index (χ0) is 18.8. The van der Waals surface area contributed by atoms with Crippen LogP contribution in [0.4, 0.5) is 5.82 Å². The summed E-state index contributed by atoms with van der Waals surface area (Å²) in [5.74, 6) is -0.413. The van der Waals surface area contributed by atoms with E-state index in [1.54, 1.807) is 6.07 Å². The van der Waals surface area contributed by atoms with Crippen molar-refractivity contribution in [2.45, 2.75) is 12.8 Å². The Morgan fingerprint density at radius 3 is 2.85 bits per heavy atom. The zero-order valence-corrected chi connectivity index (χ0v) is 14.7. The number of aromatic nitrogens is 2. The van der Waals surface area contributed by atoms with E-state index in [1.807, 2.05) is 41.3 Å². The number of hydrogen-bond donors (Lipinski definition) is 1. The fourth-order valence-electron chi connectivity index (χ4n) is 3.72. The molecule has 0 spiro atoms. The van der Waals surface area contributed by atoms with Crippen molar-refractivity contribution in [2.24, 2.45) is 5.92 Å². The van der Waals surface area contributed by atoms with Gasteiger partial charge < -0.3 is 10.0 Å². The highest BCUT2D eigenvalue weighted by molar-refractivity contribution is 6.02. The van der Waals surface area contributed by atoms with Gasteiger partial charge in [-0.1, -0.05) is 30.3 Å². The van der Waals surface area contributed by atoms with E-state index in [9.17, 15) is 14.7 Å². The van der Waals surface area contributed by atoms with Gasteiger partial charge >= 0.3 is 5.97 Å². The van der Waals surface area contributed by atoms with Crippen LogP contribution in [0.5, 0.6) is 0 Å². The Morgan fingerprint density at radius 1 is 1.19 bits per heavy atom. The van der Waals surface area contributed by atoms with E-state index in [1.165, 1.54) is 6.33 Å². The van der Waals surface area contributed by atoms with Gasteiger partial charge in [-0.05, 0) is 36.1 Å². The predicted octanol–water partition coefficient (Wildman–Crippen LogP) is 3.41. The van der Waals surface area contributed by atoms with Crippen LogP contribution in [0.15, 0.2) is 48.8 Å². The monoisotopic (exact) mass is 361 g/mol. The molecule has 6 heteroatoms. The van der Waals surface area contributed by atoms with E-state index in [4.69, 9.17) is 0 Å². The van der Waals surface area contributed by atoms with Crippen LogP contribution in [0.1, 0.15) is 23.2 Å².